The van der Waals surface area contributed by atoms with Crippen molar-refractivity contribution < 1.29 is 4.39 Å². The van der Waals surface area contributed by atoms with Gasteiger partial charge >= 0.3 is 0 Å². The van der Waals surface area contributed by atoms with Crippen LogP contribution in [0.2, 0.25) is 0 Å². The summed E-state index contributed by atoms with van der Waals surface area (Å²) in [5, 5.41) is 3.14. The molecule has 0 aliphatic rings. The first-order valence-electron chi connectivity index (χ1n) is 5.78. The van der Waals surface area contributed by atoms with Gasteiger partial charge in [0.25, 0.3) is 0 Å². The van der Waals surface area contributed by atoms with Crippen molar-refractivity contribution in [2.24, 2.45) is 0 Å². The zero-order valence-corrected chi connectivity index (χ0v) is 11.0. The number of anilines is 1. The summed E-state index contributed by atoms with van der Waals surface area (Å²) in [4.78, 5) is 1.90. The Morgan fingerprint density at radius 1 is 1.53 bits per heavy atom. The summed E-state index contributed by atoms with van der Waals surface area (Å²) in [5.41, 5.74) is 2.63. The summed E-state index contributed by atoms with van der Waals surface area (Å²) in [6.07, 6.45) is 0. The zero-order chi connectivity index (χ0) is 13.0. The molecule has 1 aromatic rings. The lowest BCUT2D eigenvalue weighted by molar-refractivity contribution is 0.604. The second kappa shape index (κ2) is 5.82. The molecule has 0 bridgehead atoms. The van der Waals surface area contributed by atoms with Crippen LogP contribution in [0.5, 0.6) is 0 Å². The zero-order valence-electron chi connectivity index (χ0n) is 11.0. The fourth-order valence-electron chi connectivity index (χ4n) is 1.92. The van der Waals surface area contributed by atoms with Gasteiger partial charge in [0.1, 0.15) is 5.82 Å². The van der Waals surface area contributed by atoms with E-state index in [1.807, 2.05) is 38.9 Å². The molecule has 0 aliphatic heterocycles. The molecule has 3 heteroatoms. The van der Waals surface area contributed by atoms with Crippen LogP contribution in [0.25, 0.3) is 0 Å². The minimum absolute atomic E-state index is 0.119. The Bertz CT molecular complexity index is 401. The molecule has 1 aromatic carbocycles. The van der Waals surface area contributed by atoms with Crippen LogP contribution in [0, 0.1) is 5.82 Å². The normalized spacial score (nSPS) is 12.3. The van der Waals surface area contributed by atoms with E-state index in [0.717, 1.165) is 11.1 Å². The van der Waals surface area contributed by atoms with Crippen molar-refractivity contribution >= 4 is 5.69 Å². The van der Waals surface area contributed by atoms with Gasteiger partial charge in [-0.1, -0.05) is 24.3 Å². The topological polar surface area (TPSA) is 15.3 Å². The van der Waals surface area contributed by atoms with Crippen molar-refractivity contribution in [2.45, 2.75) is 19.9 Å². The van der Waals surface area contributed by atoms with Gasteiger partial charge in [-0.15, -0.1) is 0 Å². The van der Waals surface area contributed by atoms with Gasteiger partial charge in [0, 0.05) is 19.6 Å². The van der Waals surface area contributed by atoms with Crippen molar-refractivity contribution in [1.82, 2.24) is 5.32 Å². The van der Waals surface area contributed by atoms with E-state index in [9.17, 15) is 4.39 Å². The summed E-state index contributed by atoms with van der Waals surface area (Å²) < 4.78 is 13.9. The molecule has 0 saturated heterocycles. The van der Waals surface area contributed by atoms with Crippen molar-refractivity contribution in [3.8, 4) is 0 Å². The highest BCUT2D eigenvalue weighted by Gasteiger charge is 2.16. The lowest BCUT2D eigenvalue weighted by Gasteiger charge is -2.25. The average molecular weight is 236 g/mol. The third kappa shape index (κ3) is 3.30. The molecule has 0 spiro atoms. The number of hydrogen-bond acceptors (Lipinski definition) is 2. The first kappa shape index (κ1) is 13.7. The van der Waals surface area contributed by atoms with Gasteiger partial charge in [0.05, 0.1) is 5.69 Å². The molecule has 0 saturated carbocycles. The van der Waals surface area contributed by atoms with Crippen LogP contribution in [0.1, 0.15) is 25.5 Å². The number of nitrogens with zero attached hydrogens (tertiary/aromatic N) is 1. The molecule has 2 nitrogen and oxygen atoms in total. The van der Waals surface area contributed by atoms with Crippen LogP contribution in [0.3, 0.4) is 0 Å². The third-order valence-corrected chi connectivity index (χ3v) is 2.81. The van der Waals surface area contributed by atoms with Gasteiger partial charge in [0.15, 0.2) is 0 Å². The van der Waals surface area contributed by atoms with Crippen molar-refractivity contribution in [1.29, 1.82) is 0 Å². The number of halogens is 1. The first-order chi connectivity index (χ1) is 7.97. The number of benzene rings is 1. The summed E-state index contributed by atoms with van der Waals surface area (Å²) in [6, 6.07) is 5.31. The first-order valence-corrected chi connectivity index (χ1v) is 5.78. The van der Waals surface area contributed by atoms with Gasteiger partial charge in [-0.05, 0) is 32.5 Å². The fourth-order valence-corrected chi connectivity index (χ4v) is 1.92. The molecule has 0 amide bonds. The average Bonchev–Trinajstić information content (AvgIpc) is 2.26. The number of rotatable bonds is 5. The number of likely N-dealkylation sites (N-methyl/N-ethyl adjacent to an activating group) is 1. The molecule has 0 fully saturated rings. The molecule has 1 rings (SSSR count). The highest BCUT2D eigenvalue weighted by atomic mass is 19.1. The minimum atomic E-state index is -0.187. The number of para-hydroxylation sites is 1. The van der Waals surface area contributed by atoms with Gasteiger partial charge in [0.2, 0.25) is 0 Å². The number of nitrogens with one attached hydrogen (secondary N) is 1. The molecule has 0 aliphatic carbocycles. The van der Waals surface area contributed by atoms with Gasteiger partial charge in [-0.3, -0.25) is 0 Å². The molecule has 1 unspecified atom stereocenters. The quantitative estimate of drug-likeness (QED) is 0.790. The Kier molecular flexibility index (Phi) is 4.70. The van der Waals surface area contributed by atoms with Crippen LogP contribution in [-0.2, 0) is 0 Å². The molecule has 1 atom stereocenters. The van der Waals surface area contributed by atoms with E-state index in [-0.39, 0.29) is 11.9 Å². The smallest absolute Gasteiger partial charge is 0.146 e. The maximum atomic E-state index is 13.9. The molecule has 17 heavy (non-hydrogen) atoms. The molecule has 0 aromatic heterocycles. The predicted molar refractivity (Wildman–Crippen MR) is 72.0 cm³/mol. The summed E-state index contributed by atoms with van der Waals surface area (Å²) in [5.74, 6) is -0.187. The molecular formula is C14H21FN2. The Labute approximate surface area is 103 Å². The molecule has 94 valence electrons. The maximum Gasteiger partial charge on any atom is 0.146 e. The van der Waals surface area contributed by atoms with E-state index < -0.39 is 0 Å². The van der Waals surface area contributed by atoms with Crippen molar-refractivity contribution in [3.05, 3.63) is 41.7 Å². The van der Waals surface area contributed by atoms with Crippen LogP contribution >= 0.6 is 0 Å². The molecular weight excluding hydrogens is 215 g/mol. The van der Waals surface area contributed by atoms with Gasteiger partial charge in [-0.2, -0.15) is 0 Å². The van der Waals surface area contributed by atoms with Crippen molar-refractivity contribution in [3.63, 3.8) is 0 Å². The fraction of sp³-hybridized carbons (Fsp3) is 0.429. The van der Waals surface area contributed by atoms with E-state index in [1.54, 1.807) is 6.07 Å². The SMILES string of the molecule is C=C(C)CN(C)c1c(F)cccc1C(C)NC. The van der Waals surface area contributed by atoms with E-state index >= 15 is 0 Å². The Morgan fingerprint density at radius 3 is 2.71 bits per heavy atom. The Hall–Kier alpha value is -1.35. The summed E-state index contributed by atoms with van der Waals surface area (Å²) in [7, 11) is 3.76. The minimum Gasteiger partial charge on any atom is -0.368 e. The lowest BCUT2D eigenvalue weighted by atomic mass is 10.0. The number of hydrogen-bond donors (Lipinski definition) is 1. The lowest BCUT2D eigenvalue weighted by Crippen LogP contribution is -2.24. The van der Waals surface area contributed by atoms with E-state index in [0.29, 0.717) is 12.2 Å². The summed E-state index contributed by atoms with van der Waals surface area (Å²) in [6.45, 7) is 8.49. The second-order valence-corrected chi connectivity index (χ2v) is 4.50. The largest absolute Gasteiger partial charge is 0.368 e. The Morgan fingerprint density at radius 2 is 2.18 bits per heavy atom. The van der Waals surface area contributed by atoms with Gasteiger partial charge in [-0.25, -0.2) is 4.39 Å². The maximum absolute atomic E-state index is 13.9. The van der Waals surface area contributed by atoms with Crippen LogP contribution < -0.4 is 10.2 Å². The van der Waals surface area contributed by atoms with Crippen LogP contribution in [0.15, 0.2) is 30.4 Å². The van der Waals surface area contributed by atoms with E-state index in [2.05, 4.69) is 11.9 Å². The molecule has 0 radical (unpaired) electrons. The predicted octanol–water partition coefficient (Wildman–Crippen LogP) is 3.12. The van der Waals surface area contributed by atoms with Crippen LogP contribution in [-0.4, -0.2) is 20.6 Å². The Balaban J connectivity index is 3.15. The van der Waals surface area contributed by atoms with Crippen molar-refractivity contribution in [2.75, 3.05) is 25.5 Å². The monoisotopic (exact) mass is 236 g/mol. The van der Waals surface area contributed by atoms with Crippen LogP contribution in [0.4, 0.5) is 10.1 Å². The van der Waals surface area contributed by atoms with Gasteiger partial charge < -0.3 is 10.2 Å². The molecule has 1 N–H and O–H groups in total. The molecule has 0 heterocycles. The standard InChI is InChI=1S/C14H21FN2/c1-10(2)9-17(5)14-12(11(3)16-4)7-6-8-13(14)15/h6-8,11,16H,1,9H2,2-5H3. The van der Waals surface area contributed by atoms with E-state index in [4.69, 9.17) is 0 Å². The third-order valence-electron chi connectivity index (χ3n) is 2.81. The van der Waals surface area contributed by atoms with E-state index in [1.165, 1.54) is 6.07 Å². The highest BCUT2D eigenvalue weighted by Crippen LogP contribution is 2.28. The second-order valence-electron chi connectivity index (χ2n) is 4.50. The summed E-state index contributed by atoms with van der Waals surface area (Å²) >= 11 is 0. The highest BCUT2D eigenvalue weighted by molar-refractivity contribution is 5.56.